The normalized spacial score (nSPS) is 14.5. The number of hydrogen-bond donors (Lipinski definition) is 2. The van der Waals surface area contributed by atoms with E-state index in [1.165, 1.54) is 0 Å². The number of anilines is 1. The average molecular weight is 177 g/mol. The molecule has 0 saturated carbocycles. The fourth-order valence-electron chi connectivity index (χ4n) is 1.42. The van der Waals surface area contributed by atoms with Crippen molar-refractivity contribution in [3.8, 4) is 0 Å². The highest BCUT2D eigenvalue weighted by Gasteiger charge is 2.18. The lowest BCUT2D eigenvalue weighted by Crippen LogP contribution is -2.20. The summed E-state index contributed by atoms with van der Waals surface area (Å²) in [6.45, 7) is 2.26. The van der Waals surface area contributed by atoms with Crippen LogP contribution in [0, 0.1) is 5.41 Å². The fraction of sp³-hybridized carbons (Fsp3) is 0.375. The summed E-state index contributed by atoms with van der Waals surface area (Å²) < 4.78 is 1.76. The van der Waals surface area contributed by atoms with Crippen LogP contribution in [0.25, 0.3) is 0 Å². The van der Waals surface area contributed by atoms with Crippen molar-refractivity contribution < 1.29 is 0 Å². The number of nitrogens with zero attached hydrogens (tertiary/aromatic N) is 3. The predicted molar refractivity (Wildman–Crippen MR) is 51.6 cm³/mol. The molecule has 0 aliphatic carbocycles. The third-order valence-electron chi connectivity index (χ3n) is 2.03. The summed E-state index contributed by atoms with van der Waals surface area (Å²) in [6, 6.07) is 0. The van der Waals surface area contributed by atoms with Gasteiger partial charge in [0.2, 0.25) is 0 Å². The molecule has 68 valence electrons. The molecule has 1 aromatic heterocycles. The number of aromatic nitrogens is 2. The molecule has 0 aromatic carbocycles. The molecule has 1 aromatic rings. The molecule has 0 fully saturated rings. The van der Waals surface area contributed by atoms with E-state index in [-0.39, 0.29) is 0 Å². The van der Waals surface area contributed by atoms with Gasteiger partial charge >= 0.3 is 0 Å². The zero-order chi connectivity index (χ0) is 9.42. The van der Waals surface area contributed by atoms with Crippen molar-refractivity contribution in [2.45, 2.75) is 6.92 Å². The van der Waals surface area contributed by atoms with E-state index in [4.69, 9.17) is 5.41 Å². The van der Waals surface area contributed by atoms with Crippen LogP contribution in [0.2, 0.25) is 0 Å². The van der Waals surface area contributed by atoms with Gasteiger partial charge in [-0.3, -0.25) is 9.67 Å². The molecule has 5 nitrogen and oxygen atoms in total. The van der Waals surface area contributed by atoms with Crippen molar-refractivity contribution in [1.82, 2.24) is 9.78 Å². The summed E-state index contributed by atoms with van der Waals surface area (Å²) in [7, 11) is 1.87. The molecule has 2 N–H and O–H groups in total. The van der Waals surface area contributed by atoms with Crippen LogP contribution in [-0.4, -0.2) is 27.9 Å². The lowest BCUT2D eigenvalue weighted by Gasteiger charge is -2.14. The van der Waals surface area contributed by atoms with Gasteiger partial charge < -0.3 is 10.7 Å². The molecule has 5 heteroatoms. The van der Waals surface area contributed by atoms with E-state index in [0.717, 1.165) is 17.1 Å². The molecule has 0 saturated heterocycles. The Morgan fingerprint density at radius 2 is 2.46 bits per heavy atom. The monoisotopic (exact) mass is 177 g/mol. The highest BCUT2D eigenvalue weighted by molar-refractivity contribution is 6.47. The fourth-order valence-corrected chi connectivity index (χ4v) is 1.42. The minimum absolute atomic E-state index is 0.482. The van der Waals surface area contributed by atoms with Crippen molar-refractivity contribution in [3.05, 3.63) is 11.8 Å². The molecule has 0 bridgehead atoms. The van der Waals surface area contributed by atoms with Crippen LogP contribution < -0.4 is 5.32 Å². The van der Waals surface area contributed by atoms with Gasteiger partial charge in [0.15, 0.2) is 0 Å². The number of nitrogens with one attached hydrogen (secondary N) is 2. The Balaban J connectivity index is 2.54. The SMILES string of the molecule is CC(=N)C1=NCNc2c1cnn2C. The minimum atomic E-state index is 0.482. The van der Waals surface area contributed by atoms with Crippen LogP contribution in [0.4, 0.5) is 5.82 Å². The van der Waals surface area contributed by atoms with Gasteiger partial charge in [0.1, 0.15) is 12.5 Å². The van der Waals surface area contributed by atoms with Gasteiger partial charge in [-0.2, -0.15) is 5.10 Å². The average Bonchev–Trinajstić information content (AvgIpc) is 2.48. The lowest BCUT2D eigenvalue weighted by atomic mass is 10.1. The molecule has 1 aliphatic heterocycles. The highest BCUT2D eigenvalue weighted by Crippen LogP contribution is 2.18. The summed E-state index contributed by atoms with van der Waals surface area (Å²) in [5.41, 5.74) is 2.14. The van der Waals surface area contributed by atoms with Crippen molar-refractivity contribution in [1.29, 1.82) is 5.41 Å². The lowest BCUT2D eigenvalue weighted by molar-refractivity contribution is 0.769. The first-order valence-corrected chi connectivity index (χ1v) is 4.06. The van der Waals surface area contributed by atoms with Gasteiger partial charge in [-0.15, -0.1) is 0 Å². The Hall–Kier alpha value is -1.65. The first kappa shape index (κ1) is 7.97. The topological polar surface area (TPSA) is 66.1 Å². The van der Waals surface area contributed by atoms with E-state index < -0.39 is 0 Å². The molecule has 1 aliphatic rings. The quantitative estimate of drug-likeness (QED) is 0.618. The van der Waals surface area contributed by atoms with E-state index in [1.54, 1.807) is 17.8 Å². The minimum Gasteiger partial charge on any atom is -0.351 e. The Bertz CT molecular complexity index is 387. The van der Waals surface area contributed by atoms with Crippen LogP contribution in [0.1, 0.15) is 12.5 Å². The summed E-state index contributed by atoms with van der Waals surface area (Å²) in [5.74, 6) is 0.941. The standard InChI is InChI=1S/C8H11N5/c1-5(9)7-6-3-12-13(2)8(6)11-4-10-7/h3,9,11H,4H2,1-2H3. The molecular weight excluding hydrogens is 166 g/mol. The Morgan fingerprint density at radius 1 is 1.69 bits per heavy atom. The van der Waals surface area contributed by atoms with Crippen LogP contribution >= 0.6 is 0 Å². The van der Waals surface area contributed by atoms with Crippen LogP contribution in [0.3, 0.4) is 0 Å². The Labute approximate surface area is 76.0 Å². The summed E-state index contributed by atoms with van der Waals surface area (Å²) in [6.07, 6.45) is 1.73. The van der Waals surface area contributed by atoms with Crippen molar-refractivity contribution in [2.24, 2.45) is 12.0 Å². The van der Waals surface area contributed by atoms with E-state index in [0.29, 0.717) is 12.4 Å². The van der Waals surface area contributed by atoms with Crippen LogP contribution in [0.5, 0.6) is 0 Å². The maximum atomic E-state index is 7.53. The van der Waals surface area contributed by atoms with Gasteiger partial charge in [0.25, 0.3) is 0 Å². The second-order valence-corrected chi connectivity index (χ2v) is 3.00. The van der Waals surface area contributed by atoms with Gasteiger partial charge in [0.05, 0.1) is 23.2 Å². The molecule has 0 spiro atoms. The number of rotatable bonds is 1. The van der Waals surface area contributed by atoms with Gasteiger partial charge in [-0.25, -0.2) is 0 Å². The molecule has 2 rings (SSSR count). The van der Waals surface area contributed by atoms with E-state index >= 15 is 0 Å². The second kappa shape index (κ2) is 2.69. The van der Waals surface area contributed by atoms with Crippen molar-refractivity contribution in [2.75, 3.05) is 12.0 Å². The molecule has 2 heterocycles. The molecule has 0 unspecified atom stereocenters. The maximum absolute atomic E-state index is 7.53. The van der Waals surface area contributed by atoms with Crippen LogP contribution in [-0.2, 0) is 7.05 Å². The zero-order valence-corrected chi connectivity index (χ0v) is 7.63. The summed E-state index contributed by atoms with van der Waals surface area (Å²) in [4.78, 5) is 4.21. The Kier molecular flexibility index (Phi) is 1.65. The zero-order valence-electron chi connectivity index (χ0n) is 7.63. The van der Waals surface area contributed by atoms with Gasteiger partial charge in [-0.1, -0.05) is 0 Å². The molecule has 13 heavy (non-hydrogen) atoms. The van der Waals surface area contributed by atoms with Crippen molar-refractivity contribution in [3.63, 3.8) is 0 Å². The third-order valence-corrected chi connectivity index (χ3v) is 2.03. The first-order chi connectivity index (χ1) is 6.20. The maximum Gasteiger partial charge on any atom is 0.134 e. The second-order valence-electron chi connectivity index (χ2n) is 3.00. The van der Waals surface area contributed by atoms with E-state index in [1.807, 2.05) is 7.05 Å². The third kappa shape index (κ3) is 1.12. The van der Waals surface area contributed by atoms with Gasteiger partial charge in [-0.05, 0) is 6.92 Å². The smallest absolute Gasteiger partial charge is 0.134 e. The van der Waals surface area contributed by atoms with Crippen LogP contribution in [0.15, 0.2) is 11.2 Å². The Morgan fingerprint density at radius 3 is 3.15 bits per heavy atom. The largest absolute Gasteiger partial charge is 0.351 e. The van der Waals surface area contributed by atoms with E-state index in [9.17, 15) is 0 Å². The molecule has 0 atom stereocenters. The summed E-state index contributed by atoms with van der Waals surface area (Å²) in [5, 5.41) is 14.8. The number of aliphatic imine (C=N–C) groups is 1. The summed E-state index contributed by atoms with van der Waals surface area (Å²) >= 11 is 0. The molecule has 0 amide bonds. The number of aryl methyl sites for hydroxylation is 1. The number of hydrogen-bond acceptors (Lipinski definition) is 4. The predicted octanol–water partition coefficient (Wildman–Crippen LogP) is 0.632. The first-order valence-electron chi connectivity index (χ1n) is 4.06. The highest BCUT2D eigenvalue weighted by atomic mass is 15.3. The molecular formula is C8H11N5. The van der Waals surface area contributed by atoms with Gasteiger partial charge in [0, 0.05) is 7.05 Å². The van der Waals surface area contributed by atoms with Crippen molar-refractivity contribution >= 4 is 17.2 Å². The number of fused-ring (bicyclic) bond motifs is 1. The van der Waals surface area contributed by atoms with E-state index in [2.05, 4.69) is 15.4 Å². The molecule has 0 radical (unpaired) electrons.